The lowest BCUT2D eigenvalue weighted by molar-refractivity contribution is -0.121. The zero-order valence-electron chi connectivity index (χ0n) is 18.9. The number of hydrogen-bond donors (Lipinski definition) is 1. The molecule has 0 radical (unpaired) electrons. The largest absolute Gasteiger partial charge is 0.339 e. The van der Waals surface area contributed by atoms with Crippen molar-refractivity contribution in [3.05, 3.63) is 101 Å². The minimum absolute atomic E-state index is 0.0225. The molecule has 2 heterocycles. The van der Waals surface area contributed by atoms with Crippen molar-refractivity contribution in [1.82, 2.24) is 9.47 Å². The second kappa shape index (κ2) is 10.00. The van der Waals surface area contributed by atoms with Gasteiger partial charge in [-0.2, -0.15) is 0 Å². The fourth-order valence-corrected chi connectivity index (χ4v) is 4.97. The van der Waals surface area contributed by atoms with Gasteiger partial charge < -0.3 is 9.88 Å². The van der Waals surface area contributed by atoms with Crippen LogP contribution in [0.4, 0.5) is 10.1 Å². The highest BCUT2D eigenvalue weighted by atomic mass is 35.5. The third-order valence-corrected chi connectivity index (χ3v) is 6.93. The molecule has 5 rings (SSSR count). The van der Waals surface area contributed by atoms with E-state index in [0.29, 0.717) is 17.3 Å². The summed E-state index contributed by atoms with van der Waals surface area (Å²) in [5.41, 5.74) is 3.95. The second-order valence-corrected chi connectivity index (χ2v) is 9.34. The van der Waals surface area contributed by atoms with Crippen LogP contribution in [0.5, 0.6) is 0 Å². The predicted octanol–water partition coefficient (Wildman–Crippen LogP) is 6.33. The van der Waals surface area contributed by atoms with E-state index in [9.17, 15) is 9.18 Å². The highest BCUT2D eigenvalue weighted by molar-refractivity contribution is 6.33. The number of rotatable bonds is 6. The van der Waals surface area contributed by atoms with E-state index in [1.54, 1.807) is 18.2 Å². The van der Waals surface area contributed by atoms with E-state index in [4.69, 9.17) is 11.6 Å². The molecular weight excluding hydrogens is 449 g/mol. The third-order valence-electron chi connectivity index (χ3n) is 6.60. The van der Waals surface area contributed by atoms with Crippen LogP contribution in [-0.2, 0) is 17.9 Å². The van der Waals surface area contributed by atoms with Gasteiger partial charge in [0, 0.05) is 30.2 Å². The van der Waals surface area contributed by atoms with Gasteiger partial charge in [0.1, 0.15) is 5.82 Å². The summed E-state index contributed by atoms with van der Waals surface area (Å²) in [7, 11) is 0. The number of hydrogen-bond acceptors (Lipinski definition) is 2. The number of carbonyl (C=O) groups is 1. The Labute approximate surface area is 204 Å². The van der Waals surface area contributed by atoms with E-state index in [1.807, 2.05) is 36.4 Å². The number of anilines is 1. The van der Waals surface area contributed by atoms with Crippen molar-refractivity contribution < 1.29 is 9.18 Å². The zero-order valence-corrected chi connectivity index (χ0v) is 19.6. The monoisotopic (exact) mass is 475 g/mol. The van der Waals surface area contributed by atoms with Crippen molar-refractivity contribution in [2.45, 2.75) is 25.9 Å². The van der Waals surface area contributed by atoms with Gasteiger partial charge in [0.2, 0.25) is 5.91 Å². The van der Waals surface area contributed by atoms with Crippen LogP contribution >= 0.6 is 11.6 Å². The standard InChI is InChI=1S/C28H27ClFN3O/c29-25-9-2-3-10-26(25)31-28(34)21-12-14-32(15-13-21)19-24-17-22-7-1-4-11-27(22)33(24)18-20-6-5-8-23(30)16-20/h1-11,16-17,21H,12-15,18-19H2,(H,31,34). The Morgan fingerprint density at radius 2 is 1.71 bits per heavy atom. The molecule has 0 saturated carbocycles. The molecule has 4 nitrogen and oxygen atoms in total. The van der Waals surface area contributed by atoms with E-state index in [0.717, 1.165) is 43.6 Å². The number of aromatic nitrogens is 1. The molecule has 0 spiro atoms. The fraction of sp³-hybridized carbons (Fsp3) is 0.250. The number of benzene rings is 3. The van der Waals surface area contributed by atoms with Crippen LogP contribution in [0.25, 0.3) is 10.9 Å². The molecule has 1 aliphatic rings. The number of carbonyl (C=O) groups excluding carboxylic acids is 1. The first-order chi connectivity index (χ1) is 16.6. The number of likely N-dealkylation sites (tertiary alicyclic amines) is 1. The van der Waals surface area contributed by atoms with Crippen molar-refractivity contribution in [2.24, 2.45) is 5.92 Å². The van der Waals surface area contributed by atoms with Crippen LogP contribution < -0.4 is 5.32 Å². The fourth-order valence-electron chi connectivity index (χ4n) is 4.78. The van der Waals surface area contributed by atoms with Crippen LogP contribution in [0.3, 0.4) is 0 Å². The van der Waals surface area contributed by atoms with Gasteiger partial charge >= 0.3 is 0 Å². The van der Waals surface area contributed by atoms with Gasteiger partial charge in [-0.25, -0.2) is 4.39 Å². The Morgan fingerprint density at radius 1 is 0.941 bits per heavy atom. The average Bonchev–Trinajstić information content (AvgIpc) is 3.18. The number of halogens is 2. The molecule has 0 aliphatic carbocycles. The highest BCUT2D eigenvalue weighted by Crippen LogP contribution is 2.27. The molecule has 1 saturated heterocycles. The van der Waals surface area contributed by atoms with Crippen LogP contribution in [0.2, 0.25) is 5.02 Å². The first-order valence-corrected chi connectivity index (χ1v) is 12.0. The molecule has 4 aromatic rings. The Hall–Kier alpha value is -3.15. The lowest BCUT2D eigenvalue weighted by Gasteiger charge is -2.31. The maximum atomic E-state index is 13.8. The van der Waals surface area contributed by atoms with Gasteiger partial charge in [-0.1, -0.05) is 54.1 Å². The molecule has 6 heteroatoms. The Morgan fingerprint density at radius 3 is 2.50 bits per heavy atom. The molecule has 1 aromatic heterocycles. The molecule has 0 unspecified atom stereocenters. The van der Waals surface area contributed by atoms with E-state index in [1.165, 1.54) is 17.1 Å². The molecule has 1 fully saturated rings. The molecule has 1 amide bonds. The smallest absolute Gasteiger partial charge is 0.227 e. The second-order valence-electron chi connectivity index (χ2n) is 8.93. The Bertz CT molecular complexity index is 1310. The van der Waals surface area contributed by atoms with Gasteiger partial charge in [-0.3, -0.25) is 9.69 Å². The number of amides is 1. The average molecular weight is 476 g/mol. The first kappa shape index (κ1) is 22.6. The summed E-state index contributed by atoms with van der Waals surface area (Å²) < 4.78 is 16.1. The van der Waals surface area contributed by atoms with Crippen LogP contribution in [0.1, 0.15) is 24.1 Å². The number of nitrogens with zero attached hydrogens (tertiary/aromatic N) is 2. The number of para-hydroxylation sites is 2. The molecule has 3 aromatic carbocycles. The summed E-state index contributed by atoms with van der Waals surface area (Å²) in [4.78, 5) is 15.2. The highest BCUT2D eigenvalue weighted by Gasteiger charge is 2.26. The van der Waals surface area contributed by atoms with Gasteiger partial charge in [0.15, 0.2) is 0 Å². The van der Waals surface area contributed by atoms with E-state index >= 15 is 0 Å². The van der Waals surface area contributed by atoms with Crippen molar-refractivity contribution in [3.8, 4) is 0 Å². The number of piperidine rings is 1. The SMILES string of the molecule is O=C(Nc1ccccc1Cl)C1CCN(Cc2cc3ccccc3n2Cc2cccc(F)c2)CC1. The minimum atomic E-state index is -0.215. The first-order valence-electron chi connectivity index (χ1n) is 11.7. The molecular formula is C28H27ClFN3O. The maximum Gasteiger partial charge on any atom is 0.227 e. The summed E-state index contributed by atoms with van der Waals surface area (Å²) in [5.74, 6) is -0.203. The zero-order chi connectivity index (χ0) is 23.5. The normalized spacial score (nSPS) is 15.0. The quantitative estimate of drug-likeness (QED) is 0.353. The minimum Gasteiger partial charge on any atom is -0.339 e. The third kappa shape index (κ3) is 5.01. The van der Waals surface area contributed by atoms with Crippen LogP contribution in [0, 0.1) is 11.7 Å². The number of fused-ring (bicyclic) bond motifs is 1. The van der Waals surface area contributed by atoms with Crippen LogP contribution in [0.15, 0.2) is 78.9 Å². The molecule has 1 aliphatic heterocycles. The maximum absolute atomic E-state index is 13.8. The van der Waals surface area contributed by atoms with E-state index < -0.39 is 0 Å². The topological polar surface area (TPSA) is 37.3 Å². The molecule has 34 heavy (non-hydrogen) atoms. The van der Waals surface area contributed by atoms with Crippen molar-refractivity contribution in [3.63, 3.8) is 0 Å². The molecule has 0 atom stereocenters. The molecule has 1 N–H and O–H groups in total. The van der Waals surface area contributed by atoms with Gasteiger partial charge in [-0.15, -0.1) is 0 Å². The Kier molecular flexibility index (Phi) is 6.66. The van der Waals surface area contributed by atoms with Crippen molar-refractivity contribution >= 4 is 34.1 Å². The number of nitrogens with one attached hydrogen (secondary N) is 1. The van der Waals surface area contributed by atoms with Crippen molar-refractivity contribution in [2.75, 3.05) is 18.4 Å². The van der Waals surface area contributed by atoms with Crippen LogP contribution in [-0.4, -0.2) is 28.5 Å². The summed E-state index contributed by atoms with van der Waals surface area (Å²) in [6, 6.07) is 24.7. The summed E-state index contributed by atoms with van der Waals surface area (Å²) in [6.45, 7) is 3.12. The summed E-state index contributed by atoms with van der Waals surface area (Å²) >= 11 is 6.19. The van der Waals surface area contributed by atoms with E-state index in [2.05, 4.69) is 33.0 Å². The Balaban J connectivity index is 1.27. The lowest BCUT2D eigenvalue weighted by Crippen LogP contribution is -2.38. The van der Waals surface area contributed by atoms with Crippen molar-refractivity contribution in [1.29, 1.82) is 0 Å². The summed E-state index contributed by atoms with van der Waals surface area (Å²) in [5, 5.41) is 4.72. The van der Waals surface area contributed by atoms with Gasteiger partial charge in [0.25, 0.3) is 0 Å². The molecule has 174 valence electrons. The van der Waals surface area contributed by atoms with Gasteiger partial charge in [0.05, 0.1) is 10.7 Å². The summed E-state index contributed by atoms with van der Waals surface area (Å²) in [6.07, 6.45) is 1.61. The van der Waals surface area contributed by atoms with Gasteiger partial charge in [-0.05, 0) is 73.3 Å². The van der Waals surface area contributed by atoms with E-state index in [-0.39, 0.29) is 17.6 Å². The lowest BCUT2D eigenvalue weighted by atomic mass is 9.95. The molecule has 0 bridgehead atoms. The predicted molar refractivity (Wildman–Crippen MR) is 136 cm³/mol.